The first-order valence-corrected chi connectivity index (χ1v) is 10.9. The number of fused-ring (bicyclic) bond motifs is 3. The van der Waals surface area contributed by atoms with E-state index in [2.05, 4.69) is 59.7 Å². The van der Waals surface area contributed by atoms with Gasteiger partial charge in [-0.25, -0.2) is 4.79 Å². The summed E-state index contributed by atoms with van der Waals surface area (Å²) in [7, 11) is 0. The molecule has 0 saturated heterocycles. The zero-order valence-corrected chi connectivity index (χ0v) is 18.3. The van der Waals surface area contributed by atoms with Gasteiger partial charge in [0.1, 0.15) is 0 Å². The van der Waals surface area contributed by atoms with Crippen LogP contribution in [-0.4, -0.2) is 22.5 Å². The number of benzene rings is 3. The maximum absolute atomic E-state index is 13.5. The zero-order valence-electron chi connectivity index (χ0n) is 17.6. The SMILES string of the molecule is Cc1ccc([C@H]2c3[nH]c4ccccc4c3CCN2C(=O)Nc2cccc(Cl)c2C)cc1. The highest BCUT2D eigenvalue weighted by molar-refractivity contribution is 6.31. The van der Waals surface area contributed by atoms with Crippen LogP contribution in [-0.2, 0) is 6.42 Å². The molecule has 4 nitrogen and oxygen atoms in total. The van der Waals surface area contributed by atoms with E-state index >= 15 is 0 Å². The van der Waals surface area contributed by atoms with Crippen LogP contribution in [0, 0.1) is 13.8 Å². The number of rotatable bonds is 2. The van der Waals surface area contributed by atoms with Gasteiger partial charge in [-0.1, -0.05) is 65.7 Å². The van der Waals surface area contributed by atoms with E-state index in [0.29, 0.717) is 11.6 Å². The summed E-state index contributed by atoms with van der Waals surface area (Å²) in [5.41, 5.74) is 7.39. The van der Waals surface area contributed by atoms with Crippen molar-refractivity contribution in [2.45, 2.75) is 26.3 Å². The molecule has 1 aromatic heterocycles. The number of amides is 2. The van der Waals surface area contributed by atoms with Crippen LogP contribution in [0.2, 0.25) is 5.02 Å². The first-order chi connectivity index (χ1) is 15.0. The van der Waals surface area contributed by atoms with Gasteiger partial charge in [-0.3, -0.25) is 0 Å². The molecule has 0 saturated carbocycles. The lowest BCUT2D eigenvalue weighted by Crippen LogP contribution is -2.43. The summed E-state index contributed by atoms with van der Waals surface area (Å²) in [5, 5.41) is 4.96. The predicted octanol–water partition coefficient (Wildman–Crippen LogP) is 6.62. The fourth-order valence-electron chi connectivity index (χ4n) is 4.48. The minimum atomic E-state index is -0.184. The number of aryl methyl sites for hydroxylation is 1. The average molecular weight is 430 g/mol. The number of carbonyl (C=O) groups is 1. The van der Waals surface area contributed by atoms with Crippen molar-refractivity contribution in [3.05, 3.63) is 99.7 Å². The maximum Gasteiger partial charge on any atom is 0.322 e. The zero-order chi connectivity index (χ0) is 21.5. The Labute approximate surface area is 186 Å². The van der Waals surface area contributed by atoms with Crippen molar-refractivity contribution in [1.29, 1.82) is 0 Å². The predicted molar refractivity (Wildman–Crippen MR) is 127 cm³/mol. The third-order valence-corrected chi connectivity index (χ3v) is 6.61. The molecule has 1 aliphatic rings. The molecule has 3 aromatic carbocycles. The van der Waals surface area contributed by atoms with E-state index < -0.39 is 0 Å². The summed E-state index contributed by atoms with van der Waals surface area (Å²) >= 11 is 6.26. The molecule has 0 radical (unpaired) electrons. The molecule has 0 aliphatic carbocycles. The van der Waals surface area contributed by atoms with Gasteiger partial charge in [0.05, 0.1) is 6.04 Å². The molecular formula is C26H24ClN3O. The van der Waals surface area contributed by atoms with Crippen molar-refractivity contribution in [3.8, 4) is 0 Å². The normalized spacial score (nSPS) is 15.7. The number of hydrogen-bond donors (Lipinski definition) is 2. The number of hydrogen-bond acceptors (Lipinski definition) is 1. The van der Waals surface area contributed by atoms with Crippen LogP contribution in [0.3, 0.4) is 0 Å². The van der Waals surface area contributed by atoms with Crippen LogP contribution in [0.15, 0.2) is 66.7 Å². The molecule has 1 aliphatic heterocycles. The molecule has 0 unspecified atom stereocenters. The van der Waals surface area contributed by atoms with E-state index in [1.165, 1.54) is 16.5 Å². The summed E-state index contributed by atoms with van der Waals surface area (Å²) in [4.78, 5) is 19.0. The summed E-state index contributed by atoms with van der Waals surface area (Å²) < 4.78 is 0. The van der Waals surface area contributed by atoms with Gasteiger partial charge in [0.2, 0.25) is 0 Å². The van der Waals surface area contributed by atoms with Gasteiger partial charge in [0, 0.05) is 33.9 Å². The molecule has 31 heavy (non-hydrogen) atoms. The number of anilines is 1. The van der Waals surface area contributed by atoms with E-state index in [1.807, 2.05) is 36.1 Å². The number of H-pyrrole nitrogens is 1. The fourth-order valence-corrected chi connectivity index (χ4v) is 4.66. The number of halogens is 1. The average Bonchev–Trinajstić information content (AvgIpc) is 3.15. The molecule has 5 rings (SSSR count). The number of aromatic nitrogens is 1. The number of para-hydroxylation sites is 1. The number of carbonyl (C=O) groups excluding carboxylic acids is 1. The summed E-state index contributed by atoms with van der Waals surface area (Å²) in [6.45, 7) is 4.63. The third kappa shape index (κ3) is 3.47. The number of aromatic amines is 1. The van der Waals surface area contributed by atoms with E-state index in [1.54, 1.807) is 0 Å². The second-order valence-corrected chi connectivity index (χ2v) is 8.57. The van der Waals surface area contributed by atoms with Crippen molar-refractivity contribution >= 4 is 34.2 Å². The van der Waals surface area contributed by atoms with Crippen molar-refractivity contribution in [3.63, 3.8) is 0 Å². The minimum absolute atomic E-state index is 0.125. The van der Waals surface area contributed by atoms with Gasteiger partial charge in [-0.05, 0) is 55.2 Å². The lowest BCUT2D eigenvalue weighted by Gasteiger charge is -2.36. The molecular weight excluding hydrogens is 406 g/mol. The van der Waals surface area contributed by atoms with Crippen molar-refractivity contribution in [2.24, 2.45) is 0 Å². The molecule has 156 valence electrons. The third-order valence-electron chi connectivity index (χ3n) is 6.20. The Bertz CT molecular complexity index is 1280. The van der Waals surface area contributed by atoms with Gasteiger partial charge in [0.25, 0.3) is 0 Å². The lowest BCUT2D eigenvalue weighted by atomic mass is 9.92. The highest BCUT2D eigenvalue weighted by Crippen LogP contribution is 2.39. The first-order valence-electron chi connectivity index (χ1n) is 10.5. The van der Waals surface area contributed by atoms with Crippen LogP contribution in [0.4, 0.5) is 10.5 Å². The Morgan fingerprint density at radius 3 is 2.61 bits per heavy atom. The van der Waals surface area contributed by atoms with E-state index in [0.717, 1.165) is 34.4 Å². The number of nitrogens with zero attached hydrogens (tertiary/aromatic N) is 1. The highest BCUT2D eigenvalue weighted by atomic mass is 35.5. The first kappa shape index (κ1) is 19.7. The number of urea groups is 1. The molecule has 2 amide bonds. The molecule has 1 atom stereocenters. The van der Waals surface area contributed by atoms with Crippen LogP contribution < -0.4 is 5.32 Å². The van der Waals surface area contributed by atoms with Gasteiger partial charge in [0.15, 0.2) is 0 Å². The Kier molecular flexibility index (Phi) is 4.95. The van der Waals surface area contributed by atoms with Crippen molar-refractivity contribution in [1.82, 2.24) is 9.88 Å². The standard InChI is InChI=1S/C26H24ClN3O/c1-16-10-12-18(13-11-16)25-24-20(19-6-3-4-8-23(19)28-24)14-15-30(25)26(31)29-22-9-5-7-21(27)17(22)2/h3-13,25,28H,14-15H2,1-2H3,(H,29,31)/t25-/m0/s1. The summed E-state index contributed by atoms with van der Waals surface area (Å²) in [6, 6.07) is 22.1. The molecule has 5 heteroatoms. The second-order valence-electron chi connectivity index (χ2n) is 8.16. The van der Waals surface area contributed by atoms with E-state index in [9.17, 15) is 4.79 Å². The Morgan fingerprint density at radius 1 is 1.03 bits per heavy atom. The summed E-state index contributed by atoms with van der Waals surface area (Å²) in [6.07, 6.45) is 0.809. The monoisotopic (exact) mass is 429 g/mol. The molecule has 2 N–H and O–H groups in total. The van der Waals surface area contributed by atoms with E-state index in [-0.39, 0.29) is 12.1 Å². The second kappa shape index (κ2) is 7.78. The van der Waals surface area contributed by atoms with Crippen molar-refractivity contribution < 1.29 is 4.79 Å². The fraction of sp³-hybridized carbons (Fsp3) is 0.192. The largest absolute Gasteiger partial charge is 0.356 e. The Hall–Kier alpha value is -3.24. The quantitative estimate of drug-likeness (QED) is 0.369. The van der Waals surface area contributed by atoms with Gasteiger partial charge in [-0.2, -0.15) is 0 Å². The van der Waals surface area contributed by atoms with Gasteiger partial charge in [-0.15, -0.1) is 0 Å². The Balaban J connectivity index is 1.58. The van der Waals surface area contributed by atoms with Crippen LogP contribution >= 0.6 is 11.6 Å². The summed E-state index contributed by atoms with van der Waals surface area (Å²) in [5.74, 6) is 0. The van der Waals surface area contributed by atoms with Gasteiger partial charge < -0.3 is 15.2 Å². The molecule has 0 fully saturated rings. The molecule has 2 heterocycles. The molecule has 0 spiro atoms. The minimum Gasteiger partial charge on any atom is -0.356 e. The van der Waals surface area contributed by atoms with Crippen LogP contribution in [0.1, 0.15) is 34.0 Å². The van der Waals surface area contributed by atoms with Gasteiger partial charge >= 0.3 is 6.03 Å². The molecule has 4 aromatic rings. The Morgan fingerprint density at radius 2 is 1.81 bits per heavy atom. The highest BCUT2D eigenvalue weighted by Gasteiger charge is 2.34. The topological polar surface area (TPSA) is 48.1 Å². The smallest absolute Gasteiger partial charge is 0.322 e. The van der Waals surface area contributed by atoms with Crippen LogP contribution in [0.5, 0.6) is 0 Å². The molecule has 0 bridgehead atoms. The lowest BCUT2D eigenvalue weighted by molar-refractivity contribution is 0.193. The van der Waals surface area contributed by atoms with Crippen molar-refractivity contribution in [2.75, 3.05) is 11.9 Å². The number of nitrogens with one attached hydrogen (secondary N) is 2. The van der Waals surface area contributed by atoms with Crippen LogP contribution in [0.25, 0.3) is 10.9 Å². The van der Waals surface area contributed by atoms with E-state index in [4.69, 9.17) is 11.6 Å². The maximum atomic E-state index is 13.5.